The third kappa shape index (κ3) is 1.66. The minimum absolute atomic E-state index is 0.586. The molecule has 0 spiro atoms. The van der Waals surface area contributed by atoms with E-state index in [1.165, 1.54) is 25.0 Å². The maximum absolute atomic E-state index is 6.22. The molecule has 98 valence electrons. The van der Waals surface area contributed by atoms with E-state index in [1.54, 1.807) is 6.20 Å². The van der Waals surface area contributed by atoms with Crippen molar-refractivity contribution >= 4 is 5.82 Å². The second-order valence-corrected chi connectivity index (χ2v) is 5.93. The molecule has 2 heterocycles. The largest absolute Gasteiger partial charge is 0.383 e. The quantitative estimate of drug-likeness (QED) is 0.896. The van der Waals surface area contributed by atoms with Crippen molar-refractivity contribution in [2.24, 2.45) is 18.9 Å². The van der Waals surface area contributed by atoms with Crippen molar-refractivity contribution in [3.05, 3.63) is 30.2 Å². The molecule has 0 radical (unpaired) electrons. The van der Waals surface area contributed by atoms with E-state index in [-0.39, 0.29) is 0 Å². The maximum atomic E-state index is 6.22. The number of nitrogen functional groups attached to an aromatic ring is 1. The number of rotatable bonds is 2. The molecule has 2 aromatic rings. The molecule has 2 aliphatic rings. The summed E-state index contributed by atoms with van der Waals surface area (Å²) in [7, 11) is 1.92. The van der Waals surface area contributed by atoms with Crippen molar-refractivity contribution < 1.29 is 0 Å². The highest BCUT2D eigenvalue weighted by molar-refractivity contribution is 5.76. The molecule has 4 heteroatoms. The highest BCUT2D eigenvalue weighted by Gasteiger charge is 2.47. The van der Waals surface area contributed by atoms with Crippen molar-refractivity contribution in [2.75, 3.05) is 5.73 Å². The van der Waals surface area contributed by atoms with Crippen LogP contribution in [-0.2, 0) is 7.05 Å². The average Bonchev–Trinajstić information content (AvgIpc) is 2.92. The van der Waals surface area contributed by atoms with Crippen LogP contribution in [0.2, 0.25) is 0 Å². The zero-order valence-electron chi connectivity index (χ0n) is 11.1. The van der Waals surface area contributed by atoms with E-state index in [0.717, 1.165) is 28.8 Å². The Balaban J connectivity index is 1.80. The summed E-state index contributed by atoms with van der Waals surface area (Å²) < 4.78 is 1.81. The summed E-state index contributed by atoms with van der Waals surface area (Å²) in [6, 6.07) is 4.03. The molecule has 0 aliphatic heterocycles. The van der Waals surface area contributed by atoms with Gasteiger partial charge in [-0.3, -0.25) is 9.67 Å². The fourth-order valence-electron chi connectivity index (χ4n) is 3.59. The monoisotopic (exact) mass is 254 g/mol. The fraction of sp³-hybridized carbons (Fsp3) is 0.467. The van der Waals surface area contributed by atoms with Crippen molar-refractivity contribution in [1.82, 2.24) is 14.8 Å². The average molecular weight is 254 g/mol. The van der Waals surface area contributed by atoms with Crippen LogP contribution in [0.15, 0.2) is 24.5 Å². The van der Waals surface area contributed by atoms with Gasteiger partial charge in [-0.25, -0.2) is 0 Å². The molecule has 0 amide bonds. The van der Waals surface area contributed by atoms with Gasteiger partial charge in [0, 0.05) is 36.5 Å². The molecule has 19 heavy (non-hydrogen) atoms. The van der Waals surface area contributed by atoms with Gasteiger partial charge in [0.25, 0.3) is 0 Å². The minimum atomic E-state index is 0.586. The number of aromatic nitrogens is 3. The lowest BCUT2D eigenvalue weighted by atomic mass is 9.94. The van der Waals surface area contributed by atoms with E-state index in [0.29, 0.717) is 5.92 Å². The smallest absolute Gasteiger partial charge is 0.129 e. The number of hydrogen-bond acceptors (Lipinski definition) is 3. The van der Waals surface area contributed by atoms with E-state index in [4.69, 9.17) is 5.73 Å². The molecule has 0 saturated heterocycles. The number of hydrogen-bond donors (Lipinski definition) is 1. The predicted molar refractivity (Wildman–Crippen MR) is 74.4 cm³/mol. The van der Waals surface area contributed by atoms with E-state index in [9.17, 15) is 0 Å². The first-order valence-electron chi connectivity index (χ1n) is 6.97. The van der Waals surface area contributed by atoms with Crippen molar-refractivity contribution in [3.63, 3.8) is 0 Å². The van der Waals surface area contributed by atoms with Crippen LogP contribution >= 0.6 is 0 Å². The highest BCUT2D eigenvalue weighted by Crippen LogP contribution is 2.58. The first kappa shape index (κ1) is 11.0. The van der Waals surface area contributed by atoms with Gasteiger partial charge in [-0.05, 0) is 37.2 Å². The van der Waals surface area contributed by atoms with Gasteiger partial charge in [-0.1, -0.05) is 6.07 Å². The summed E-state index contributed by atoms with van der Waals surface area (Å²) in [5, 5.41) is 4.69. The summed E-state index contributed by atoms with van der Waals surface area (Å²) in [6.07, 6.45) is 7.68. The van der Waals surface area contributed by atoms with Gasteiger partial charge < -0.3 is 5.73 Å². The van der Waals surface area contributed by atoms with Crippen LogP contribution < -0.4 is 5.73 Å². The molecule has 2 atom stereocenters. The molecular weight excluding hydrogens is 236 g/mol. The summed E-state index contributed by atoms with van der Waals surface area (Å²) >= 11 is 0. The number of pyridine rings is 1. The number of nitrogens with two attached hydrogens (primary N) is 1. The number of fused-ring (bicyclic) bond motifs is 1. The minimum Gasteiger partial charge on any atom is -0.383 e. The number of anilines is 1. The van der Waals surface area contributed by atoms with E-state index < -0.39 is 0 Å². The van der Waals surface area contributed by atoms with Crippen LogP contribution in [0.25, 0.3) is 11.1 Å². The lowest BCUT2D eigenvalue weighted by Crippen LogP contribution is -2.00. The van der Waals surface area contributed by atoms with Gasteiger partial charge in [0.1, 0.15) is 5.82 Å². The molecular formula is C15H18N4. The lowest BCUT2D eigenvalue weighted by Gasteiger charge is -2.11. The summed E-state index contributed by atoms with van der Waals surface area (Å²) in [5.41, 5.74) is 9.59. The first-order valence-corrected chi connectivity index (χ1v) is 6.97. The van der Waals surface area contributed by atoms with Gasteiger partial charge in [0.2, 0.25) is 0 Å². The van der Waals surface area contributed by atoms with Crippen LogP contribution in [0.1, 0.15) is 30.9 Å². The molecule has 2 N–H and O–H groups in total. The second kappa shape index (κ2) is 3.83. The predicted octanol–water partition coefficient (Wildman–Crippen LogP) is 2.58. The topological polar surface area (TPSA) is 56.7 Å². The molecule has 4 rings (SSSR count). The van der Waals surface area contributed by atoms with Crippen molar-refractivity contribution in [3.8, 4) is 11.1 Å². The van der Waals surface area contributed by atoms with E-state index >= 15 is 0 Å². The normalized spacial score (nSPS) is 28.4. The summed E-state index contributed by atoms with van der Waals surface area (Å²) in [6.45, 7) is 0. The lowest BCUT2D eigenvalue weighted by molar-refractivity contribution is 0.594. The standard InChI is InChI=1S/C15H18N4/c1-19-15(16)13(9-3-2-4-17-8-9)14(18-19)12-6-10-5-11(10)7-12/h2-4,8,10-12H,5-7,16H2,1H3. The van der Waals surface area contributed by atoms with Crippen molar-refractivity contribution in [1.29, 1.82) is 0 Å². The Kier molecular flexibility index (Phi) is 2.22. The fourth-order valence-corrected chi connectivity index (χ4v) is 3.59. The molecule has 2 saturated carbocycles. The molecule has 2 aliphatic carbocycles. The van der Waals surface area contributed by atoms with E-state index in [2.05, 4.69) is 16.1 Å². The Labute approximate surface area is 112 Å². The molecule has 2 fully saturated rings. The Bertz CT molecular complexity index is 607. The van der Waals surface area contributed by atoms with Crippen LogP contribution in [0.4, 0.5) is 5.82 Å². The Hall–Kier alpha value is -1.84. The van der Waals surface area contributed by atoms with Gasteiger partial charge in [0.05, 0.1) is 5.69 Å². The zero-order chi connectivity index (χ0) is 13.0. The zero-order valence-corrected chi connectivity index (χ0v) is 11.1. The SMILES string of the molecule is Cn1nc(C2CC3CC3C2)c(-c2cccnc2)c1N. The van der Waals surface area contributed by atoms with E-state index in [1.807, 2.05) is 24.0 Å². The first-order chi connectivity index (χ1) is 9.24. The summed E-state index contributed by atoms with van der Waals surface area (Å²) in [5.74, 6) is 3.25. The van der Waals surface area contributed by atoms with Crippen LogP contribution in [-0.4, -0.2) is 14.8 Å². The third-order valence-electron chi connectivity index (χ3n) is 4.70. The van der Waals surface area contributed by atoms with Gasteiger partial charge in [0.15, 0.2) is 0 Å². The van der Waals surface area contributed by atoms with Gasteiger partial charge in [-0.15, -0.1) is 0 Å². The molecule has 4 nitrogen and oxygen atoms in total. The number of nitrogens with zero attached hydrogens (tertiary/aromatic N) is 3. The molecule has 0 bridgehead atoms. The third-order valence-corrected chi connectivity index (χ3v) is 4.70. The van der Waals surface area contributed by atoms with Gasteiger partial charge >= 0.3 is 0 Å². The Morgan fingerprint density at radius 3 is 2.74 bits per heavy atom. The van der Waals surface area contributed by atoms with Crippen molar-refractivity contribution in [2.45, 2.75) is 25.2 Å². The molecule has 2 aromatic heterocycles. The van der Waals surface area contributed by atoms with Crippen LogP contribution in [0.3, 0.4) is 0 Å². The Morgan fingerprint density at radius 1 is 1.26 bits per heavy atom. The number of aryl methyl sites for hydroxylation is 1. The van der Waals surface area contributed by atoms with Crippen LogP contribution in [0.5, 0.6) is 0 Å². The molecule has 2 unspecified atom stereocenters. The highest BCUT2D eigenvalue weighted by atomic mass is 15.3. The van der Waals surface area contributed by atoms with Gasteiger partial charge in [-0.2, -0.15) is 5.10 Å². The second-order valence-electron chi connectivity index (χ2n) is 5.93. The van der Waals surface area contributed by atoms with Crippen LogP contribution in [0, 0.1) is 11.8 Å². The summed E-state index contributed by atoms with van der Waals surface area (Å²) in [4.78, 5) is 4.21. The maximum Gasteiger partial charge on any atom is 0.129 e. The Morgan fingerprint density at radius 2 is 2.05 bits per heavy atom. The molecule has 0 aromatic carbocycles.